The molecule has 19 heavy (non-hydrogen) atoms. The van der Waals surface area contributed by atoms with Crippen molar-refractivity contribution in [2.75, 3.05) is 0 Å². The Hall–Kier alpha value is -2.49. The molecule has 0 fully saturated rings. The Kier molecular flexibility index (Phi) is 2.83. The van der Waals surface area contributed by atoms with Crippen molar-refractivity contribution in [3.63, 3.8) is 0 Å². The molecule has 0 N–H and O–H groups in total. The molecule has 0 amide bonds. The van der Waals surface area contributed by atoms with Gasteiger partial charge in [0.05, 0.1) is 17.3 Å². The van der Waals surface area contributed by atoms with E-state index in [1.807, 2.05) is 31.2 Å². The lowest BCUT2D eigenvalue weighted by molar-refractivity contribution is 0.104. The normalized spacial score (nSPS) is 10.8. The summed E-state index contributed by atoms with van der Waals surface area (Å²) >= 11 is 0. The highest BCUT2D eigenvalue weighted by Gasteiger charge is 2.14. The molecule has 94 valence electrons. The number of aromatic nitrogens is 3. The molecule has 0 aliphatic carbocycles. The van der Waals surface area contributed by atoms with E-state index in [-0.39, 0.29) is 5.78 Å². The number of benzene rings is 1. The number of hydrogen-bond donors (Lipinski definition) is 0. The summed E-state index contributed by atoms with van der Waals surface area (Å²) in [5, 5.41) is 5.11. The maximum atomic E-state index is 12.5. The Morgan fingerprint density at radius 1 is 1.26 bits per heavy atom. The van der Waals surface area contributed by atoms with Crippen LogP contribution in [-0.4, -0.2) is 20.5 Å². The number of pyridine rings is 1. The Morgan fingerprint density at radius 2 is 2.11 bits per heavy atom. The molecule has 0 saturated heterocycles. The molecule has 4 heteroatoms. The molecular weight excluding hydrogens is 238 g/mol. The minimum atomic E-state index is -0.0380. The van der Waals surface area contributed by atoms with Gasteiger partial charge in [0.15, 0.2) is 5.78 Å². The minimum absolute atomic E-state index is 0.0380. The van der Waals surface area contributed by atoms with Gasteiger partial charge in [0.1, 0.15) is 0 Å². The van der Waals surface area contributed by atoms with Gasteiger partial charge in [0.25, 0.3) is 0 Å². The first kappa shape index (κ1) is 11.6. The van der Waals surface area contributed by atoms with Gasteiger partial charge in [0, 0.05) is 29.9 Å². The van der Waals surface area contributed by atoms with Gasteiger partial charge in [-0.25, -0.2) is 0 Å². The van der Waals surface area contributed by atoms with Gasteiger partial charge in [-0.05, 0) is 19.1 Å². The molecule has 0 unspecified atom stereocenters. The van der Waals surface area contributed by atoms with Crippen LogP contribution in [0.4, 0.5) is 0 Å². The first-order valence-corrected chi connectivity index (χ1v) is 6.20. The molecule has 3 aromatic rings. The summed E-state index contributed by atoms with van der Waals surface area (Å²) in [6.45, 7) is 2.74. The maximum absolute atomic E-state index is 12.5. The van der Waals surface area contributed by atoms with E-state index in [4.69, 9.17) is 0 Å². The van der Waals surface area contributed by atoms with E-state index in [2.05, 4.69) is 10.1 Å². The molecule has 0 bridgehead atoms. The minimum Gasteiger partial charge on any atom is -0.288 e. The van der Waals surface area contributed by atoms with Crippen LogP contribution in [0, 0.1) is 0 Å². The number of rotatable bonds is 3. The molecule has 0 saturated carbocycles. The molecule has 1 aromatic carbocycles. The number of aryl methyl sites for hydroxylation is 1. The van der Waals surface area contributed by atoms with Gasteiger partial charge in [-0.1, -0.05) is 18.2 Å². The first-order chi connectivity index (χ1) is 9.29. The highest BCUT2D eigenvalue weighted by molar-refractivity contribution is 6.15. The molecule has 0 radical (unpaired) electrons. The number of para-hydroxylation sites is 1. The average Bonchev–Trinajstić information content (AvgIpc) is 2.95. The molecule has 4 nitrogen and oxygen atoms in total. The monoisotopic (exact) mass is 251 g/mol. The molecule has 2 aromatic heterocycles. The Balaban J connectivity index is 2.11. The van der Waals surface area contributed by atoms with Gasteiger partial charge in [0.2, 0.25) is 0 Å². The Bertz CT molecular complexity index is 740. The van der Waals surface area contributed by atoms with Gasteiger partial charge >= 0.3 is 0 Å². The average molecular weight is 251 g/mol. The fourth-order valence-electron chi connectivity index (χ4n) is 2.10. The lowest BCUT2D eigenvalue weighted by atomic mass is 10.0. The molecular formula is C15H13N3O. The maximum Gasteiger partial charge on any atom is 0.198 e. The van der Waals surface area contributed by atoms with Gasteiger partial charge in [-0.3, -0.25) is 14.5 Å². The first-order valence-electron chi connectivity index (χ1n) is 6.20. The quantitative estimate of drug-likeness (QED) is 0.672. The van der Waals surface area contributed by atoms with Crippen molar-refractivity contribution < 1.29 is 4.79 Å². The fraction of sp³-hybridized carbons (Fsp3) is 0.133. The van der Waals surface area contributed by atoms with Crippen molar-refractivity contribution in [2.45, 2.75) is 13.5 Å². The zero-order valence-corrected chi connectivity index (χ0v) is 10.6. The molecule has 0 aliphatic heterocycles. The second-order valence-corrected chi connectivity index (χ2v) is 4.29. The van der Waals surface area contributed by atoms with Gasteiger partial charge in [-0.15, -0.1) is 0 Å². The molecule has 2 heterocycles. The van der Waals surface area contributed by atoms with Crippen molar-refractivity contribution >= 4 is 16.7 Å². The van der Waals surface area contributed by atoms with Crippen LogP contribution in [0.2, 0.25) is 0 Å². The lowest BCUT2D eigenvalue weighted by Crippen LogP contribution is -2.02. The third-order valence-electron chi connectivity index (χ3n) is 3.10. The number of hydrogen-bond acceptors (Lipinski definition) is 3. The second kappa shape index (κ2) is 4.65. The summed E-state index contributed by atoms with van der Waals surface area (Å²) in [6.07, 6.45) is 5.08. The lowest BCUT2D eigenvalue weighted by Gasteiger charge is -2.03. The summed E-state index contributed by atoms with van der Waals surface area (Å²) in [6, 6.07) is 9.46. The summed E-state index contributed by atoms with van der Waals surface area (Å²) in [7, 11) is 0. The van der Waals surface area contributed by atoms with Crippen LogP contribution in [-0.2, 0) is 6.54 Å². The molecule has 3 rings (SSSR count). The Morgan fingerprint density at radius 3 is 2.89 bits per heavy atom. The van der Waals surface area contributed by atoms with E-state index in [1.54, 1.807) is 29.3 Å². The highest BCUT2D eigenvalue weighted by Crippen LogP contribution is 2.19. The van der Waals surface area contributed by atoms with Gasteiger partial charge in [-0.2, -0.15) is 5.10 Å². The van der Waals surface area contributed by atoms with E-state index in [9.17, 15) is 4.79 Å². The van der Waals surface area contributed by atoms with Crippen LogP contribution in [0.15, 0.2) is 48.9 Å². The van der Waals surface area contributed by atoms with Crippen LogP contribution in [0.1, 0.15) is 22.8 Å². The summed E-state index contributed by atoms with van der Waals surface area (Å²) in [5.74, 6) is -0.0380. The molecule has 0 aliphatic rings. The van der Waals surface area contributed by atoms with Crippen LogP contribution in [0.3, 0.4) is 0 Å². The van der Waals surface area contributed by atoms with Crippen LogP contribution in [0.5, 0.6) is 0 Å². The molecule has 0 atom stereocenters. The predicted octanol–water partition coefficient (Wildman–Crippen LogP) is 2.68. The second-order valence-electron chi connectivity index (χ2n) is 4.29. The van der Waals surface area contributed by atoms with E-state index < -0.39 is 0 Å². The number of carbonyl (C=O) groups is 1. The standard InChI is InChI=1S/C15H13N3O/c1-2-18-10-12(9-17-18)15(19)13-7-3-5-11-6-4-8-16-14(11)13/h3-10H,2H2,1H3. The number of carbonyl (C=O) groups excluding carboxylic acids is 1. The highest BCUT2D eigenvalue weighted by atomic mass is 16.1. The van der Waals surface area contributed by atoms with Crippen LogP contribution in [0.25, 0.3) is 10.9 Å². The van der Waals surface area contributed by atoms with Crippen molar-refractivity contribution in [3.8, 4) is 0 Å². The zero-order chi connectivity index (χ0) is 13.2. The summed E-state index contributed by atoms with van der Waals surface area (Å²) in [5.41, 5.74) is 1.95. The SMILES string of the molecule is CCn1cc(C(=O)c2cccc3cccnc23)cn1. The van der Waals surface area contributed by atoms with Crippen molar-refractivity contribution in [1.29, 1.82) is 0 Å². The van der Waals surface area contributed by atoms with Crippen molar-refractivity contribution in [3.05, 3.63) is 60.0 Å². The van der Waals surface area contributed by atoms with Crippen molar-refractivity contribution in [2.24, 2.45) is 0 Å². The van der Waals surface area contributed by atoms with E-state index in [0.717, 1.165) is 17.4 Å². The number of fused-ring (bicyclic) bond motifs is 1. The smallest absolute Gasteiger partial charge is 0.198 e. The van der Waals surface area contributed by atoms with Crippen LogP contribution < -0.4 is 0 Å². The van der Waals surface area contributed by atoms with E-state index in [0.29, 0.717) is 11.1 Å². The van der Waals surface area contributed by atoms with Gasteiger partial charge < -0.3 is 0 Å². The largest absolute Gasteiger partial charge is 0.288 e. The summed E-state index contributed by atoms with van der Waals surface area (Å²) < 4.78 is 1.74. The topological polar surface area (TPSA) is 47.8 Å². The third-order valence-corrected chi connectivity index (χ3v) is 3.10. The molecule has 0 spiro atoms. The zero-order valence-electron chi connectivity index (χ0n) is 10.6. The van der Waals surface area contributed by atoms with Crippen molar-refractivity contribution in [1.82, 2.24) is 14.8 Å². The fourth-order valence-corrected chi connectivity index (χ4v) is 2.10. The Labute approximate surface area is 110 Å². The van der Waals surface area contributed by atoms with Crippen LogP contribution >= 0.6 is 0 Å². The van der Waals surface area contributed by atoms with E-state index in [1.165, 1.54) is 0 Å². The number of ketones is 1. The third kappa shape index (κ3) is 2.01. The van der Waals surface area contributed by atoms with E-state index >= 15 is 0 Å². The summed E-state index contributed by atoms with van der Waals surface area (Å²) in [4.78, 5) is 16.8. The number of nitrogens with zero attached hydrogens (tertiary/aromatic N) is 3. The predicted molar refractivity (Wildman–Crippen MR) is 73.1 cm³/mol.